The van der Waals surface area contributed by atoms with E-state index < -0.39 is 15.6 Å². The maximum atomic E-state index is 12.3. The van der Waals surface area contributed by atoms with Crippen molar-refractivity contribution in [2.45, 2.75) is 24.9 Å². The Morgan fingerprint density at radius 1 is 1.00 bits per heavy atom. The van der Waals surface area contributed by atoms with E-state index in [1.54, 1.807) is 7.11 Å². The van der Waals surface area contributed by atoms with E-state index in [1.165, 1.54) is 11.1 Å². The molecule has 1 N–H and O–H groups in total. The molecule has 0 amide bonds. The summed E-state index contributed by atoms with van der Waals surface area (Å²) < 4.78 is 33.1. The second kappa shape index (κ2) is 7.05. The molecule has 0 bridgehead atoms. The smallest absolute Gasteiger partial charge is 0.212 e. The Balaban J connectivity index is 1.59. The summed E-state index contributed by atoms with van der Waals surface area (Å²) in [5, 5.41) is 0. The van der Waals surface area contributed by atoms with Gasteiger partial charge in [0, 0.05) is 26.5 Å². The van der Waals surface area contributed by atoms with Gasteiger partial charge in [-0.25, -0.2) is 13.1 Å². The number of aryl methyl sites for hydroxylation is 1. The van der Waals surface area contributed by atoms with E-state index in [0.29, 0.717) is 13.0 Å². The molecule has 24 heavy (non-hydrogen) atoms. The average molecular weight is 345 g/mol. The largest absolute Gasteiger partial charge is 0.376 e. The fourth-order valence-corrected chi connectivity index (χ4v) is 4.34. The standard InChI is InChI=1S/C19H23NO3S/c1-23-19(13-17-9-5-6-10-18(17)14-19)15-20-24(21,22)12-11-16-7-3-2-4-8-16/h2-10,20H,11-15H2,1H3. The maximum Gasteiger partial charge on any atom is 0.212 e. The summed E-state index contributed by atoms with van der Waals surface area (Å²) in [5.41, 5.74) is 3.02. The lowest BCUT2D eigenvalue weighted by atomic mass is 10.0. The minimum atomic E-state index is -3.33. The van der Waals surface area contributed by atoms with Crippen molar-refractivity contribution in [1.82, 2.24) is 4.72 Å². The number of fused-ring (bicyclic) bond motifs is 1. The molecular weight excluding hydrogens is 322 g/mol. The number of hydrogen-bond acceptors (Lipinski definition) is 3. The molecule has 0 aromatic heterocycles. The minimum Gasteiger partial charge on any atom is -0.376 e. The molecule has 0 atom stereocenters. The fourth-order valence-electron chi connectivity index (χ4n) is 3.21. The van der Waals surface area contributed by atoms with E-state index >= 15 is 0 Å². The number of hydrogen-bond donors (Lipinski definition) is 1. The van der Waals surface area contributed by atoms with Gasteiger partial charge in [-0.05, 0) is 23.1 Å². The number of methoxy groups -OCH3 is 1. The number of rotatable bonds is 7. The molecule has 3 rings (SSSR count). The van der Waals surface area contributed by atoms with Gasteiger partial charge in [0.25, 0.3) is 0 Å². The van der Waals surface area contributed by atoms with E-state index in [9.17, 15) is 8.42 Å². The lowest BCUT2D eigenvalue weighted by Crippen LogP contribution is -2.45. The van der Waals surface area contributed by atoms with Crippen LogP contribution < -0.4 is 4.72 Å². The molecule has 1 aliphatic carbocycles. The molecule has 0 heterocycles. The van der Waals surface area contributed by atoms with Gasteiger partial charge >= 0.3 is 0 Å². The normalized spacial score (nSPS) is 16.0. The van der Waals surface area contributed by atoms with Crippen molar-refractivity contribution in [3.05, 3.63) is 71.3 Å². The SMILES string of the molecule is COC1(CNS(=O)(=O)CCc2ccccc2)Cc2ccccc2C1. The molecule has 2 aromatic rings. The number of nitrogens with one attached hydrogen (secondary N) is 1. The molecule has 2 aromatic carbocycles. The van der Waals surface area contributed by atoms with E-state index in [-0.39, 0.29) is 5.75 Å². The predicted octanol–water partition coefficient (Wildman–Crippen LogP) is 2.33. The van der Waals surface area contributed by atoms with Crippen LogP contribution in [0.25, 0.3) is 0 Å². The zero-order chi connectivity index (χ0) is 17.0. The van der Waals surface area contributed by atoms with Crippen LogP contribution in [0.5, 0.6) is 0 Å². The molecule has 0 spiro atoms. The van der Waals surface area contributed by atoms with Crippen molar-refractivity contribution in [1.29, 1.82) is 0 Å². The van der Waals surface area contributed by atoms with E-state index in [1.807, 2.05) is 42.5 Å². The molecule has 0 radical (unpaired) electrons. The summed E-state index contributed by atoms with van der Waals surface area (Å²) >= 11 is 0. The van der Waals surface area contributed by atoms with Crippen LogP contribution in [0.4, 0.5) is 0 Å². The molecule has 1 aliphatic rings. The van der Waals surface area contributed by atoms with Gasteiger partial charge < -0.3 is 4.74 Å². The monoisotopic (exact) mass is 345 g/mol. The highest BCUT2D eigenvalue weighted by atomic mass is 32.2. The first kappa shape index (κ1) is 17.1. The Morgan fingerprint density at radius 3 is 2.17 bits per heavy atom. The Labute approximate surface area is 143 Å². The highest BCUT2D eigenvalue weighted by molar-refractivity contribution is 7.89. The van der Waals surface area contributed by atoms with E-state index in [4.69, 9.17) is 4.74 Å². The third kappa shape index (κ3) is 4.04. The third-order valence-corrected chi connectivity index (χ3v) is 6.02. The molecular formula is C19H23NO3S. The second-order valence-electron chi connectivity index (χ2n) is 6.38. The Bertz CT molecular complexity index is 762. The first-order chi connectivity index (χ1) is 11.5. The number of sulfonamides is 1. The number of ether oxygens (including phenoxy) is 1. The van der Waals surface area contributed by atoms with Crippen molar-refractivity contribution in [2.24, 2.45) is 0 Å². The molecule has 5 heteroatoms. The Morgan fingerprint density at radius 2 is 1.58 bits per heavy atom. The van der Waals surface area contributed by atoms with Crippen molar-refractivity contribution < 1.29 is 13.2 Å². The maximum absolute atomic E-state index is 12.3. The van der Waals surface area contributed by atoms with Crippen LogP contribution in [0.2, 0.25) is 0 Å². The second-order valence-corrected chi connectivity index (χ2v) is 8.31. The zero-order valence-electron chi connectivity index (χ0n) is 13.9. The van der Waals surface area contributed by atoms with Crippen molar-refractivity contribution in [3.63, 3.8) is 0 Å². The Kier molecular flexibility index (Phi) is 5.04. The van der Waals surface area contributed by atoms with Crippen molar-refractivity contribution >= 4 is 10.0 Å². The van der Waals surface area contributed by atoms with Crippen LogP contribution in [-0.2, 0) is 34.0 Å². The summed E-state index contributed by atoms with van der Waals surface area (Å²) in [4.78, 5) is 0. The first-order valence-corrected chi connectivity index (χ1v) is 9.80. The van der Waals surface area contributed by atoms with Crippen LogP contribution in [-0.4, -0.2) is 33.4 Å². The predicted molar refractivity (Wildman–Crippen MR) is 95.5 cm³/mol. The molecule has 0 fully saturated rings. The molecule has 4 nitrogen and oxygen atoms in total. The zero-order valence-corrected chi connectivity index (χ0v) is 14.7. The van der Waals surface area contributed by atoms with Crippen LogP contribution in [0.3, 0.4) is 0 Å². The van der Waals surface area contributed by atoms with Crippen LogP contribution in [0.1, 0.15) is 16.7 Å². The van der Waals surface area contributed by atoms with Gasteiger partial charge in [-0.3, -0.25) is 0 Å². The quantitative estimate of drug-likeness (QED) is 0.838. The molecule has 0 aliphatic heterocycles. The lowest BCUT2D eigenvalue weighted by molar-refractivity contribution is 0.00379. The average Bonchev–Trinajstić information content (AvgIpc) is 2.99. The van der Waals surface area contributed by atoms with Gasteiger partial charge in [0.05, 0.1) is 11.4 Å². The highest BCUT2D eigenvalue weighted by Crippen LogP contribution is 2.32. The summed E-state index contributed by atoms with van der Waals surface area (Å²) in [6.45, 7) is 0.301. The van der Waals surface area contributed by atoms with Crippen LogP contribution >= 0.6 is 0 Å². The van der Waals surface area contributed by atoms with Gasteiger partial charge in [-0.15, -0.1) is 0 Å². The van der Waals surface area contributed by atoms with Crippen molar-refractivity contribution in [3.8, 4) is 0 Å². The van der Waals surface area contributed by atoms with Gasteiger partial charge in [-0.2, -0.15) is 0 Å². The fraction of sp³-hybridized carbons (Fsp3) is 0.368. The number of benzene rings is 2. The van der Waals surface area contributed by atoms with Gasteiger partial charge in [0.2, 0.25) is 10.0 Å². The molecule has 128 valence electrons. The van der Waals surface area contributed by atoms with E-state index in [2.05, 4.69) is 16.9 Å². The van der Waals surface area contributed by atoms with Gasteiger partial charge in [0.15, 0.2) is 0 Å². The lowest BCUT2D eigenvalue weighted by Gasteiger charge is -2.27. The first-order valence-electron chi connectivity index (χ1n) is 8.15. The summed E-state index contributed by atoms with van der Waals surface area (Å²) in [5.74, 6) is 0.0871. The summed E-state index contributed by atoms with van der Waals surface area (Å²) in [7, 11) is -1.68. The molecule has 0 unspecified atom stereocenters. The molecule has 0 saturated carbocycles. The summed E-state index contributed by atoms with van der Waals surface area (Å²) in [6.07, 6.45) is 1.98. The van der Waals surface area contributed by atoms with Crippen LogP contribution in [0, 0.1) is 0 Å². The van der Waals surface area contributed by atoms with Gasteiger partial charge in [-0.1, -0.05) is 54.6 Å². The van der Waals surface area contributed by atoms with Gasteiger partial charge in [0.1, 0.15) is 0 Å². The van der Waals surface area contributed by atoms with Crippen LogP contribution in [0.15, 0.2) is 54.6 Å². The Hall–Kier alpha value is -1.69. The summed E-state index contributed by atoms with van der Waals surface area (Å²) in [6, 6.07) is 17.8. The molecule has 0 saturated heterocycles. The topological polar surface area (TPSA) is 55.4 Å². The minimum absolute atomic E-state index is 0.0871. The van der Waals surface area contributed by atoms with Crippen molar-refractivity contribution in [2.75, 3.05) is 19.4 Å². The third-order valence-electron chi connectivity index (χ3n) is 4.69. The van der Waals surface area contributed by atoms with E-state index in [0.717, 1.165) is 18.4 Å². The highest BCUT2D eigenvalue weighted by Gasteiger charge is 2.38.